The maximum absolute atomic E-state index is 3.44. The second kappa shape index (κ2) is 3.64. The van der Waals surface area contributed by atoms with Crippen LogP contribution in [0.5, 0.6) is 0 Å². The van der Waals surface area contributed by atoms with Gasteiger partial charge in [-0.15, -0.1) is 11.3 Å². The van der Waals surface area contributed by atoms with E-state index in [9.17, 15) is 0 Å². The van der Waals surface area contributed by atoms with Gasteiger partial charge in [-0.05, 0) is 48.1 Å². The first-order chi connectivity index (χ1) is 5.49. The number of hydrogen-bond acceptors (Lipinski definition) is 1. The molecule has 0 nitrogen and oxygen atoms in total. The fourth-order valence-corrected chi connectivity index (χ4v) is 1.94. The molecular formula is C10H11BrS. The van der Waals surface area contributed by atoms with Crippen LogP contribution in [0.15, 0.2) is 15.9 Å². The van der Waals surface area contributed by atoms with Crippen molar-refractivity contribution in [1.82, 2.24) is 0 Å². The SMILES string of the molecule is CC(C)(C)C#Cc1sccc1Br. The van der Waals surface area contributed by atoms with Crippen LogP contribution in [0.3, 0.4) is 0 Å². The van der Waals surface area contributed by atoms with Crippen molar-refractivity contribution in [3.05, 3.63) is 20.8 Å². The predicted molar refractivity (Wildman–Crippen MR) is 58.4 cm³/mol. The molecule has 0 saturated carbocycles. The Labute approximate surface area is 86.1 Å². The average Bonchev–Trinajstić information content (AvgIpc) is 2.29. The molecule has 0 spiro atoms. The largest absolute Gasteiger partial charge is 0.134 e. The predicted octanol–water partition coefficient (Wildman–Crippen LogP) is 3.91. The molecule has 0 aliphatic carbocycles. The van der Waals surface area contributed by atoms with Gasteiger partial charge in [0.2, 0.25) is 0 Å². The van der Waals surface area contributed by atoms with Gasteiger partial charge in [0, 0.05) is 9.89 Å². The first-order valence-electron chi connectivity index (χ1n) is 3.75. The van der Waals surface area contributed by atoms with Crippen LogP contribution >= 0.6 is 27.3 Å². The van der Waals surface area contributed by atoms with Crippen LogP contribution in [0.4, 0.5) is 0 Å². The molecule has 0 N–H and O–H groups in total. The molecular weight excluding hydrogens is 232 g/mol. The Hall–Kier alpha value is -0.260. The van der Waals surface area contributed by atoms with Crippen molar-refractivity contribution < 1.29 is 0 Å². The van der Waals surface area contributed by atoms with Crippen LogP contribution in [0.1, 0.15) is 25.6 Å². The van der Waals surface area contributed by atoms with Crippen LogP contribution in [0.25, 0.3) is 0 Å². The molecule has 1 heterocycles. The summed E-state index contributed by atoms with van der Waals surface area (Å²) in [5, 5.41) is 2.04. The Kier molecular flexibility index (Phi) is 2.98. The number of thiophene rings is 1. The van der Waals surface area contributed by atoms with Crippen molar-refractivity contribution in [1.29, 1.82) is 0 Å². The molecule has 1 aromatic rings. The fourth-order valence-electron chi connectivity index (χ4n) is 0.627. The minimum atomic E-state index is 0.0867. The van der Waals surface area contributed by atoms with Gasteiger partial charge in [-0.25, -0.2) is 0 Å². The summed E-state index contributed by atoms with van der Waals surface area (Å²) in [7, 11) is 0. The van der Waals surface area contributed by atoms with E-state index in [0.717, 1.165) is 9.35 Å². The summed E-state index contributed by atoms with van der Waals surface area (Å²) in [6, 6.07) is 2.03. The Balaban J connectivity index is 2.87. The first-order valence-corrected chi connectivity index (χ1v) is 5.42. The van der Waals surface area contributed by atoms with Crippen LogP contribution < -0.4 is 0 Å². The highest BCUT2D eigenvalue weighted by molar-refractivity contribution is 9.10. The monoisotopic (exact) mass is 242 g/mol. The Morgan fingerprint density at radius 2 is 2.08 bits per heavy atom. The third-order valence-electron chi connectivity index (χ3n) is 1.17. The lowest BCUT2D eigenvalue weighted by atomic mass is 9.98. The Morgan fingerprint density at radius 1 is 1.42 bits per heavy atom. The van der Waals surface area contributed by atoms with Crippen LogP contribution in [-0.2, 0) is 0 Å². The lowest BCUT2D eigenvalue weighted by Crippen LogP contribution is -1.99. The molecule has 0 unspecified atom stereocenters. The second-order valence-electron chi connectivity index (χ2n) is 3.60. The van der Waals surface area contributed by atoms with E-state index in [-0.39, 0.29) is 5.41 Å². The van der Waals surface area contributed by atoms with E-state index in [1.165, 1.54) is 0 Å². The van der Waals surface area contributed by atoms with Crippen molar-refractivity contribution in [3.8, 4) is 11.8 Å². The molecule has 1 rings (SSSR count). The van der Waals surface area contributed by atoms with Gasteiger partial charge in [-0.1, -0.05) is 11.8 Å². The van der Waals surface area contributed by atoms with E-state index in [0.29, 0.717) is 0 Å². The topological polar surface area (TPSA) is 0 Å². The molecule has 2 heteroatoms. The molecule has 0 bridgehead atoms. The standard InChI is InChI=1S/C10H11BrS/c1-10(2,3)6-4-9-8(11)5-7-12-9/h5,7H,1-3H3. The summed E-state index contributed by atoms with van der Waals surface area (Å²) < 4.78 is 1.10. The summed E-state index contributed by atoms with van der Waals surface area (Å²) in [6.07, 6.45) is 0. The molecule has 12 heavy (non-hydrogen) atoms. The smallest absolute Gasteiger partial charge is 0.0910 e. The Bertz CT molecular complexity index is 320. The Morgan fingerprint density at radius 3 is 2.50 bits per heavy atom. The molecule has 0 aliphatic heterocycles. The van der Waals surface area contributed by atoms with Gasteiger partial charge >= 0.3 is 0 Å². The highest BCUT2D eigenvalue weighted by Crippen LogP contribution is 2.22. The summed E-state index contributed by atoms with van der Waals surface area (Å²) in [6.45, 7) is 6.34. The van der Waals surface area contributed by atoms with E-state index >= 15 is 0 Å². The van der Waals surface area contributed by atoms with E-state index in [2.05, 4.69) is 48.5 Å². The van der Waals surface area contributed by atoms with Gasteiger partial charge < -0.3 is 0 Å². The lowest BCUT2D eigenvalue weighted by molar-refractivity contribution is 0.571. The van der Waals surface area contributed by atoms with Crippen molar-refractivity contribution in [2.24, 2.45) is 5.41 Å². The normalized spacial score (nSPS) is 10.7. The molecule has 0 amide bonds. The second-order valence-corrected chi connectivity index (χ2v) is 5.37. The molecule has 0 aliphatic rings. The first kappa shape index (κ1) is 9.83. The van der Waals surface area contributed by atoms with Crippen molar-refractivity contribution in [2.75, 3.05) is 0 Å². The zero-order valence-corrected chi connectivity index (χ0v) is 9.84. The number of rotatable bonds is 0. The molecule has 0 radical (unpaired) electrons. The van der Waals surface area contributed by atoms with Gasteiger partial charge in [0.15, 0.2) is 0 Å². The van der Waals surface area contributed by atoms with E-state index < -0.39 is 0 Å². The summed E-state index contributed by atoms with van der Waals surface area (Å²) >= 11 is 5.11. The molecule has 64 valence electrons. The van der Waals surface area contributed by atoms with Crippen molar-refractivity contribution in [3.63, 3.8) is 0 Å². The zero-order valence-electron chi connectivity index (χ0n) is 7.44. The highest BCUT2D eigenvalue weighted by atomic mass is 79.9. The van der Waals surface area contributed by atoms with Gasteiger partial charge in [-0.3, -0.25) is 0 Å². The third kappa shape index (κ3) is 3.00. The van der Waals surface area contributed by atoms with E-state index in [1.54, 1.807) is 11.3 Å². The number of halogens is 1. The minimum absolute atomic E-state index is 0.0867. The van der Waals surface area contributed by atoms with E-state index in [1.807, 2.05) is 11.4 Å². The lowest BCUT2D eigenvalue weighted by Gasteiger charge is -2.06. The summed E-state index contributed by atoms with van der Waals surface area (Å²) in [5.74, 6) is 6.35. The van der Waals surface area contributed by atoms with Crippen molar-refractivity contribution in [2.45, 2.75) is 20.8 Å². The minimum Gasteiger partial charge on any atom is -0.134 e. The molecule has 0 aromatic carbocycles. The quantitative estimate of drug-likeness (QED) is 0.606. The van der Waals surface area contributed by atoms with Crippen molar-refractivity contribution >= 4 is 27.3 Å². The van der Waals surface area contributed by atoms with Gasteiger partial charge in [0.25, 0.3) is 0 Å². The fraction of sp³-hybridized carbons (Fsp3) is 0.400. The third-order valence-corrected chi connectivity index (χ3v) is 2.92. The van der Waals surface area contributed by atoms with Gasteiger partial charge in [0.05, 0.1) is 4.88 Å². The number of hydrogen-bond donors (Lipinski definition) is 0. The molecule has 1 aromatic heterocycles. The molecule has 0 fully saturated rings. The van der Waals surface area contributed by atoms with Crippen LogP contribution in [0, 0.1) is 17.3 Å². The maximum Gasteiger partial charge on any atom is 0.0910 e. The zero-order chi connectivity index (χ0) is 9.19. The summed E-state index contributed by atoms with van der Waals surface area (Å²) in [4.78, 5) is 1.12. The molecule has 0 saturated heterocycles. The maximum atomic E-state index is 3.44. The van der Waals surface area contributed by atoms with E-state index in [4.69, 9.17) is 0 Å². The highest BCUT2D eigenvalue weighted by Gasteiger charge is 2.04. The van der Waals surface area contributed by atoms with Crippen LogP contribution in [-0.4, -0.2) is 0 Å². The molecule has 0 atom stereocenters. The van der Waals surface area contributed by atoms with Gasteiger partial charge in [-0.2, -0.15) is 0 Å². The average molecular weight is 243 g/mol. The van der Waals surface area contributed by atoms with Crippen LogP contribution in [0.2, 0.25) is 0 Å². The summed E-state index contributed by atoms with van der Waals surface area (Å²) in [5.41, 5.74) is 0.0867. The van der Waals surface area contributed by atoms with Gasteiger partial charge in [0.1, 0.15) is 0 Å².